The number of ether oxygens (including phenoxy) is 1. The fraction of sp³-hybridized carbons (Fsp3) is 0.211. The number of hydrogen-bond acceptors (Lipinski definition) is 8. The van der Waals surface area contributed by atoms with Crippen LogP contribution >= 0.6 is 0 Å². The first-order chi connectivity index (χ1) is 13.8. The van der Waals surface area contributed by atoms with Crippen LogP contribution in [0.15, 0.2) is 39.9 Å². The van der Waals surface area contributed by atoms with E-state index >= 15 is 0 Å². The van der Waals surface area contributed by atoms with E-state index in [1.165, 1.54) is 24.3 Å². The molecule has 0 aliphatic heterocycles. The molecular weight excluding hydrogens is 398 g/mol. The predicted molar refractivity (Wildman–Crippen MR) is 105 cm³/mol. The lowest BCUT2D eigenvalue weighted by Gasteiger charge is -2.11. The Kier molecular flexibility index (Phi) is 5.70. The van der Waals surface area contributed by atoms with Gasteiger partial charge in [0, 0.05) is 6.20 Å². The van der Waals surface area contributed by atoms with Crippen molar-refractivity contribution in [3.05, 3.63) is 41.7 Å². The van der Waals surface area contributed by atoms with Crippen molar-refractivity contribution in [3.8, 4) is 17.6 Å². The zero-order chi connectivity index (χ0) is 21.0. The van der Waals surface area contributed by atoms with Crippen molar-refractivity contribution in [2.45, 2.75) is 18.7 Å². The number of pyridine rings is 1. The molecule has 0 amide bonds. The number of rotatable bonds is 7. The maximum Gasteiger partial charge on any atom is 0.339 e. The van der Waals surface area contributed by atoms with Gasteiger partial charge in [-0.05, 0) is 38.1 Å². The molecule has 0 radical (unpaired) electrons. The lowest BCUT2D eigenvalue weighted by atomic mass is 10.1. The van der Waals surface area contributed by atoms with Crippen LogP contribution in [0.4, 0.5) is 5.69 Å². The van der Waals surface area contributed by atoms with E-state index in [1.54, 1.807) is 13.8 Å². The molecule has 3 rings (SSSR count). The Hall–Kier alpha value is -3.58. The van der Waals surface area contributed by atoms with Gasteiger partial charge in [0.1, 0.15) is 23.8 Å². The van der Waals surface area contributed by atoms with Crippen LogP contribution in [0.5, 0.6) is 5.75 Å². The van der Waals surface area contributed by atoms with E-state index in [2.05, 4.69) is 27.3 Å². The summed E-state index contributed by atoms with van der Waals surface area (Å²) in [4.78, 5) is 15.5. The quantitative estimate of drug-likeness (QED) is 0.559. The number of nitrogens with one attached hydrogen (secondary N) is 1. The van der Waals surface area contributed by atoms with Crippen molar-refractivity contribution < 1.29 is 27.6 Å². The first-order valence-corrected chi connectivity index (χ1v) is 10.1. The van der Waals surface area contributed by atoms with Gasteiger partial charge in [-0.15, -0.1) is 5.92 Å². The van der Waals surface area contributed by atoms with Crippen molar-refractivity contribution >= 4 is 32.6 Å². The molecule has 2 heterocycles. The number of aromatic nitrogens is 2. The van der Waals surface area contributed by atoms with Gasteiger partial charge in [0.2, 0.25) is 0 Å². The smallest absolute Gasteiger partial charge is 0.339 e. The highest BCUT2D eigenvalue weighted by molar-refractivity contribution is 7.91. The molecule has 2 aromatic heterocycles. The highest BCUT2D eigenvalue weighted by Crippen LogP contribution is 2.29. The number of benzene rings is 1. The molecule has 9 nitrogen and oxygen atoms in total. The van der Waals surface area contributed by atoms with Gasteiger partial charge in [0.05, 0.1) is 21.7 Å². The Morgan fingerprint density at radius 1 is 1.31 bits per heavy atom. The second-order valence-electron chi connectivity index (χ2n) is 5.92. The van der Waals surface area contributed by atoms with Crippen LogP contribution in [0.25, 0.3) is 11.1 Å². The van der Waals surface area contributed by atoms with Crippen LogP contribution in [-0.4, -0.2) is 42.1 Å². The number of sulfone groups is 1. The number of carbonyl (C=O) groups is 1. The lowest BCUT2D eigenvalue weighted by Crippen LogP contribution is -2.17. The van der Waals surface area contributed by atoms with Crippen LogP contribution in [-0.2, 0) is 9.84 Å². The number of aryl methyl sites for hydroxylation is 1. The van der Waals surface area contributed by atoms with Crippen LogP contribution in [0.1, 0.15) is 23.0 Å². The van der Waals surface area contributed by atoms with Crippen molar-refractivity contribution in [2.24, 2.45) is 0 Å². The Labute approximate surface area is 166 Å². The minimum atomic E-state index is -3.77. The normalized spacial score (nSPS) is 11.0. The summed E-state index contributed by atoms with van der Waals surface area (Å²) in [5, 5.41) is 16.2. The van der Waals surface area contributed by atoms with Gasteiger partial charge in [-0.25, -0.2) is 18.2 Å². The van der Waals surface area contributed by atoms with Crippen LogP contribution < -0.4 is 10.1 Å². The molecule has 0 atom stereocenters. The van der Waals surface area contributed by atoms with E-state index in [1.807, 2.05) is 0 Å². The van der Waals surface area contributed by atoms with Gasteiger partial charge < -0.3 is 19.7 Å². The van der Waals surface area contributed by atoms with Gasteiger partial charge in [-0.1, -0.05) is 11.1 Å². The number of anilines is 1. The van der Waals surface area contributed by atoms with E-state index < -0.39 is 21.7 Å². The summed E-state index contributed by atoms with van der Waals surface area (Å²) in [5.74, 6) is 4.15. The molecule has 0 saturated carbocycles. The summed E-state index contributed by atoms with van der Waals surface area (Å²) in [6.45, 7) is 3.51. The Balaban J connectivity index is 1.85. The third-order valence-corrected chi connectivity index (χ3v) is 5.53. The molecule has 0 bridgehead atoms. The minimum absolute atomic E-state index is 0.0585. The number of carboxylic acids is 1. The topological polar surface area (TPSA) is 132 Å². The molecular formula is C19H17N3O6S. The third kappa shape index (κ3) is 4.30. The van der Waals surface area contributed by atoms with Crippen molar-refractivity contribution in [2.75, 3.05) is 17.8 Å². The van der Waals surface area contributed by atoms with Crippen LogP contribution in [0.3, 0.4) is 0 Å². The summed E-state index contributed by atoms with van der Waals surface area (Å²) in [7, 11) is -3.77. The van der Waals surface area contributed by atoms with E-state index in [0.29, 0.717) is 16.8 Å². The fourth-order valence-corrected chi connectivity index (χ4v) is 3.64. The second-order valence-corrected chi connectivity index (χ2v) is 7.91. The van der Waals surface area contributed by atoms with Crippen molar-refractivity contribution in [1.82, 2.24) is 10.1 Å². The van der Waals surface area contributed by atoms with E-state index in [0.717, 1.165) is 6.20 Å². The van der Waals surface area contributed by atoms with E-state index in [4.69, 9.17) is 9.26 Å². The van der Waals surface area contributed by atoms with Gasteiger partial charge >= 0.3 is 5.97 Å². The zero-order valence-corrected chi connectivity index (χ0v) is 16.4. The highest BCUT2D eigenvalue weighted by atomic mass is 32.2. The number of nitrogens with zero attached hydrogens (tertiary/aromatic N) is 2. The molecule has 0 fully saturated rings. The summed E-state index contributed by atoms with van der Waals surface area (Å²) in [6, 6.07) is 5.89. The largest absolute Gasteiger partial charge is 0.481 e. The summed E-state index contributed by atoms with van der Waals surface area (Å²) in [5.41, 5.74) is 0.416. The van der Waals surface area contributed by atoms with E-state index in [-0.39, 0.29) is 28.5 Å². The van der Waals surface area contributed by atoms with Gasteiger partial charge in [0.15, 0.2) is 9.84 Å². The molecule has 10 heteroatoms. The molecule has 29 heavy (non-hydrogen) atoms. The number of aromatic carboxylic acids is 1. The molecule has 0 aliphatic rings. The van der Waals surface area contributed by atoms with Crippen molar-refractivity contribution in [3.63, 3.8) is 0 Å². The monoisotopic (exact) mass is 415 g/mol. The molecule has 0 unspecified atom stereocenters. The van der Waals surface area contributed by atoms with Crippen LogP contribution in [0, 0.1) is 18.8 Å². The summed E-state index contributed by atoms with van der Waals surface area (Å²) < 4.78 is 35.8. The van der Waals surface area contributed by atoms with E-state index in [9.17, 15) is 18.3 Å². The first-order valence-electron chi connectivity index (χ1n) is 8.41. The lowest BCUT2D eigenvalue weighted by molar-refractivity contribution is 0.0697. The third-order valence-electron chi connectivity index (χ3n) is 4.01. The molecule has 0 saturated heterocycles. The molecule has 0 aliphatic carbocycles. The molecule has 3 aromatic rings. The fourth-order valence-electron chi connectivity index (χ4n) is 2.59. The standard InChI is InChI=1S/C19H17N3O6S/c1-3-4-9-27-13-5-7-14(8-6-13)29(25,26)11-21-17-15(19(23)24)10-20-18-16(17)12(2)22-28-18/h5-8,10H,9,11H2,1-2H3,(H,20,21)(H,23,24). The molecule has 0 spiro atoms. The van der Waals surface area contributed by atoms with Gasteiger partial charge in [-0.2, -0.15) is 0 Å². The number of carboxylic acid groups (broad SMARTS) is 1. The van der Waals surface area contributed by atoms with Gasteiger partial charge in [0.25, 0.3) is 5.71 Å². The first kappa shape index (κ1) is 20.2. The zero-order valence-electron chi connectivity index (χ0n) is 15.6. The molecule has 150 valence electrons. The maximum atomic E-state index is 12.7. The number of hydrogen-bond donors (Lipinski definition) is 2. The SMILES string of the molecule is CC#CCOc1ccc(S(=O)(=O)CNc2c(C(=O)O)cnc3onc(C)c23)cc1. The average Bonchev–Trinajstić information content (AvgIpc) is 3.08. The Morgan fingerprint density at radius 3 is 2.69 bits per heavy atom. The molecule has 1 aromatic carbocycles. The summed E-state index contributed by atoms with van der Waals surface area (Å²) >= 11 is 0. The minimum Gasteiger partial charge on any atom is -0.481 e. The Morgan fingerprint density at radius 2 is 2.03 bits per heavy atom. The average molecular weight is 415 g/mol. The van der Waals surface area contributed by atoms with Crippen LogP contribution in [0.2, 0.25) is 0 Å². The highest BCUT2D eigenvalue weighted by Gasteiger charge is 2.22. The predicted octanol–water partition coefficient (Wildman–Crippen LogP) is 2.47. The van der Waals surface area contributed by atoms with Gasteiger partial charge in [-0.3, -0.25) is 0 Å². The Bertz CT molecular complexity index is 1220. The number of fused-ring (bicyclic) bond motifs is 1. The summed E-state index contributed by atoms with van der Waals surface area (Å²) in [6.07, 6.45) is 1.09. The molecule has 2 N–H and O–H groups in total. The van der Waals surface area contributed by atoms with Crippen molar-refractivity contribution in [1.29, 1.82) is 0 Å². The second kappa shape index (κ2) is 8.20. The maximum absolute atomic E-state index is 12.7.